The van der Waals surface area contributed by atoms with Gasteiger partial charge in [0.2, 0.25) is 0 Å². The summed E-state index contributed by atoms with van der Waals surface area (Å²) in [6.07, 6.45) is -3.72. The molecule has 7 heteroatoms. The molecular formula is C12H10F3NO3. The Labute approximate surface area is 106 Å². The smallest absolute Gasteiger partial charge is 0.454 e. The number of carbonyl (C=O) groups excluding carboxylic acids is 1. The molecule has 0 radical (unpaired) electrons. The van der Waals surface area contributed by atoms with Gasteiger partial charge in [0.25, 0.3) is 5.78 Å². The minimum Gasteiger partial charge on any atom is -0.478 e. The third-order valence-electron chi connectivity index (χ3n) is 2.24. The van der Waals surface area contributed by atoms with Crippen LogP contribution in [0, 0.1) is 0 Å². The molecule has 0 amide bonds. The van der Waals surface area contributed by atoms with Crippen molar-refractivity contribution in [3.05, 3.63) is 42.1 Å². The third-order valence-corrected chi connectivity index (χ3v) is 2.24. The lowest BCUT2D eigenvalue weighted by Crippen LogP contribution is -2.21. The highest BCUT2D eigenvalue weighted by atomic mass is 19.4. The van der Waals surface area contributed by atoms with E-state index in [2.05, 4.69) is 0 Å². The molecule has 19 heavy (non-hydrogen) atoms. The van der Waals surface area contributed by atoms with E-state index < -0.39 is 17.9 Å². The van der Waals surface area contributed by atoms with Gasteiger partial charge in [-0.1, -0.05) is 12.1 Å². The Hall–Kier alpha value is -2.31. The van der Waals surface area contributed by atoms with Gasteiger partial charge in [0, 0.05) is 19.3 Å². The number of alkyl halides is 3. The molecule has 0 heterocycles. The molecule has 102 valence electrons. The summed E-state index contributed by atoms with van der Waals surface area (Å²) in [5.74, 6) is -3.22. The van der Waals surface area contributed by atoms with Crippen molar-refractivity contribution in [2.75, 3.05) is 11.9 Å². The van der Waals surface area contributed by atoms with E-state index in [1.807, 2.05) is 0 Å². The highest BCUT2D eigenvalue weighted by Crippen LogP contribution is 2.20. The Morgan fingerprint density at radius 3 is 2.37 bits per heavy atom. The standard InChI is InChI=1S/C12H10F3NO3/c1-16(7-6-10(17)12(13,14)15)9-5-3-2-4-8(9)11(18)19/h2-7H,1H3,(H,18,19). The molecule has 0 bridgehead atoms. The van der Waals surface area contributed by atoms with Crippen LogP contribution in [0.5, 0.6) is 0 Å². The van der Waals surface area contributed by atoms with Crippen LogP contribution in [0.4, 0.5) is 18.9 Å². The molecule has 0 aliphatic rings. The molecule has 0 aromatic heterocycles. The number of rotatable bonds is 4. The fraction of sp³-hybridized carbons (Fsp3) is 0.167. The van der Waals surface area contributed by atoms with E-state index in [1.54, 1.807) is 0 Å². The number of benzene rings is 1. The number of hydrogen-bond donors (Lipinski definition) is 1. The number of nitrogens with zero attached hydrogens (tertiary/aromatic N) is 1. The highest BCUT2D eigenvalue weighted by molar-refractivity contribution is 5.96. The molecule has 1 aromatic rings. The molecule has 4 nitrogen and oxygen atoms in total. The summed E-state index contributed by atoms with van der Waals surface area (Å²) >= 11 is 0. The molecule has 0 aliphatic carbocycles. The molecule has 0 fully saturated rings. The lowest BCUT2D eigenvalue weighted by atomic mass is 10.1. The number of hydrogen-bond acceptors (Lipinski definition) is 3. The zero-order chi connectivity index (χ0) is 14.6. The molecule has 1 N–H and O–H groups in total. The van der Waals surface area contributed by atoms with Crippen LogP contribution in [-0.4, -0.2) is 30.1 Å². The average molecular weight is 273 g/mol. The van der Waals surface area contributed by atoms with Crippen molar-refractivity contribution >= 4 is 17.4 Å². The number of ketones is 1. The summed E-state index contributed by atoms with van der Waals surface area (Å²) < 4.78 is 36.0. The molecule has 0 saturated heterocycles. The van der Waals surface area contributed by atoms with E-state index >= 15 is 0 Å². The SMILES string of the molecule is CN(C=CC(=O)C(F)(F)F)c1ccccc1C(=O)O. The summed E-state index contributed by atoms with van der Waals surface area (Å²) in [5.41, 5.74) is 0.107. The van der Waals surface area contributed by atoms with Gasteiger partial charge in [-0.25, -0.2) is 4.79 Å². The molecule has 0 atom stereocenters. The zero-order valence-electron chi connectivity index (χ0n) is 9.81. The Bertz CT molecular complexity index is 523. The first-order chi connectivity index (χ1) is 8.73. The first-order valence-electron chi connectivity index (χ1n) is 5.08. The topological polar surface area (TPSA) is 57.6 Å². The Morgan fingerprint density at radius 2 is 1.84 bits per heavy atom. The number of aromatic carboxylic acids is 1. The van der Waals surface area contributed by atoms with Gasteiger partial charge in [-0.2, -0.15) is 13.2 Å². The fourth-order valence-corrected chi connectivity index (χ4v) is 1.32. The van der Waals surface area contributed by atoms with Gasteiger partial charge in [-0.3, -0.25) is 4.79 Å². The minimum absolute atomic E-state index is 0.0749. The monoisotopic (exact) mass is 273 g/mol. The van der Waals surface area contributed by atoms with Crippen molar-refractivity contribution in [3.8, 4) is 0 Å². The molecule has 1 rings (SSSR count). The Balaban J connectivity index is 2.96. The first kappa shape index (κ1) is 14.7. The molecule has 0 unspecified atom stereocenters. The second kappa shape index (κ2) is 5.55. The van der Waals surface area contributed by atoms with Gasteiger partial charge in [-0.15, -0.1) is 0 Å². The number of halogens is 3. The van der Waals surface area contributed by atoms with Crippen LogP contribution in [0.25, 0.3) is 0 Å². The highest BCUT2D eigenvalue weighted by Gasteiger charge is 2.36. The normalized spacial score (nSPS) is 11.6. The first-order valence-corrected chi connectivity index (χ1v) is 5.08. The van der Waals surface area contributed by atoms with Crippen LogP contribution < -0.4 is 4.90 Å². The van der Waals surface area contributed by atoms with Crippen molar-refractivity contribution in [1.82, 2.24) is 0 Å². The summed E-state index contributed by atoms with van der Waals surface area (Å²) in [6, 6.07) is 5.77. The second-order valence-electron chi connectivity index (χ2n) is 3.61. The third kappa shape index (κ3) is 3.84. The summed E-state index contributed by atoms with van der Waals surface area (Å²) in [4.78, 5) is 22.7. The van der Waals surface area contributed by atoms with Gasteiger partial charge in [0.05, 0.1) is 11.3 Å². The molecule has 0 saturated carbocycles. The van der Waals surface area contributed by atoms with E-state index in [1.165, 1.54) is 31.3 Å². The van der Waals surface area contributed by atoms with E-state index in [-0.39, 0.29) is 11.3 Å². The number of carboxylic acid groups (broad SMARTS) is 1. The lowest BCUT2D eigenvalue weighted by molar-refractivity contribution is -0.165. The van der Waals surface area contributed by atoms with Crippen LogP contribution in [0.2, 0.25) is 0 Å². The van der Waals surface area contributed by atoms with E-state index in [4.69, 9.17) is 5.11 Å². The zero-order valence-corrected chi connectivity index (χ0v) is 9.81. The van der Waals surface area contributed by atoms with Gasteiger partial charge in [-0.05, 0) is 12.1 Å². The maximum Gasteiger partial charge on any atom is 0.454 e. The fourth-order valence-electron chi connectivity index (χ4n) is 1.32. The summed E-state index contributed by atoms with van der Waals surface area (Å²) in [6.45, 7) is 0. The average Bonchev–Trinajstić information content (AvgIpc) is 2.34. The predicted molar refractivity (Wildman–Crippen MR) is 62.0 cm³/mol. The molecule has 0 spiro atoms. The Morgan fingerprint density at radius 1 is 1.26 bits per heavy atom. The number of anilines is 1. The summed E-state index contributed by atoms with van der Waals surface area (Å²) in [7, 11) is 1.35. The summed E-state index contributed by atoms with van der Waals surface area (Å²) in [5, 5.41) is 8.92. The number of allylic oxidation sites excluding steroid dienone is 1. The minimum atomic E-state index is -4.94. The van der Waals surface area contributed by atoms with Gasteiger partial charge < -0.3 is 10.0 Å². The quantitative estimate of drug-likeness (QED) is 0.856. The number of para-hydroxylation sites is 1. The predicted octanol–water partition coefficient (Wildman–Crippen LogP) is 2.47. The maximum absolute atomic E-state index is 12.0. The Kier molecular flexibility index (Phi) is 4.31. The van der Waals surface area contributed by atoms with Crippen LogP contribution in [-0.2, 0) is 4.79 Å². The molecule has 0 aliphatic heterocycles. The van der Waals surface area contributed by atoms with Gasteiger partial charge in [0.1, 0.15) is 0 Å². The molecular weight excluding hydrogens is 263 g/mol. The van der Waals surface area contributed by atoms with Crippen molar-refractivity contribution in [1.29, 1.82) is 0 Å². The van der Waals surface area contributed by atoms with Gasteiger partial charge >= 0.3 is 12.1 Å². The number of carboxylic acids is 1. The second-order valence-corrected chi connectivity index (χ2v) is 3.61. The van der Waals surface area contributed by atoms with Gasteiger partial charge in [0.15, 0.2) is 0 Å². The molecule has 1 aromatic carbocycles. The van der Waals surface area contributed by atoms with Crippen LogP contribution in [0.3, 0.4) is 0 Å². The van der Waals surface area contributed by atoms with Crippen LogP contribution in [0.15, 0.2) is 36.5 Å². The van der Waals surface area contributed by atoms with E-state index in [0.29, 0.717) is 6.08 Å². The largest absolute Gasteiger partial charge is 0.478 e. The number of carbonyl (C=O) groups is 2. The van der Waals surface area contributed by atoms with Crippen LogP contribution >= 0.6 is 0 Å². The van der Waals surface area contributed by atoms with Crippen molar-refractivity contribution in [2.45, 2.75) is 6.18 Å². The maximum atomic E-state index is 12.0. The van der Waals surface area contributed by atoms with Crippen molar-refractivity contribution in [2.24, 2.45) is 0 Å². The lowest BCUT2D eigenvalue weighted by Gasteiger charge is -2.16. The van der Waals surface area contributed by atoms with E-state index in [0.717, 1.165) is 11.1 Å². The van der Waals surface area contributed by atoms with Crippen LogP contribution in [0.1, 0.15) is 10.4 Å². The van der Waals surface area contributed by atoms with Crippen molar-refractivity contribution < 1.29 is 27.9 Å². The van der Waals surface area contributed by atoms with Crippen molar-refractivity contribution in [3.63, 3.8) is 0 Å². The van der Waals surface area contributed by atoms with E-state index in [9.17, 15) is 22.8 Å².